The van der Waals surface area contributed by atoms with Crippen LogP contribution in [0.4, 0.5) is 4.39 Å². The summed E-state index contributed by atoms with van der Waals surface area (Å²) in [4.78, 5) is 10.8. The van der Waals surface area contributed by atoms with E-state index in [0.717, 1.165) is 0 Å². The minimum atomic E-state index is -1.05. The minimum absolute atomic E-state index is 0.0567. The van der Waals surface area contributed by atoms with E-state index >= 15 is 0 Å². The summed E-state index contributed by atoms with van der Waals surface area (Å²) in [5.74, 6) is -1.46. The van der Waals surface area contributed by atoms with Crippen molar-refractivity contribution in [3.05, 3.63) is 34.6 Å². The van der Waals surface area contributed by atoms with E-state index in [9.17, 15) is 9.18 Å². The predicted octanol–water partition coefficient (Wildman–Crippen LogP) is 2.43. The molecule has 0 amide bonds. The van der Waals surface area contributed by atoms with E-state index in [-0.39, 0.29) is 11.6 Å². The van der Waals surface area contributed by atoms with Crippen molar-refractivity contribution in [3.8, 4) is 0 Å². The maximum absolute atomic E-state index is 13.1. The first-order valence-corrected chi connectivity index (χ1v) is 5.13. The summed E-state index contributed by atoms with van der Waals surface area (Å²) in [6.07, 6.45) is 0. The quantitative estimate of drug-likeness (QED) is 0.857. The lowest BCUT2D eigenvalue weighted by atomic mass is 10.1. The first-order valence-electron chi connectivity index (χ1n) is 4.75. The molecule has 16 heavy (non-hydrogen) atoms. The van der Waals surface area contributed by atoms with E-state index in [2.05, 4.69) is 5.32 Å². The molecule has 0 saturated carbocycles. The van der Waals surface area contributed by atoms with Crippen molar-refractivity contribution in [2.45, 2.75) is 25.9 Å². The summed E-state index contributed by atoms with van der Waals surface area (Å²) >= 11 is 5.53. The van der Waals surface area contributed by atoms with Crippen molar-refractivity contribution in [3.63, 3.8) is 0 Å². The maximum atomic E-state index is 13.1. The minimum Gasteiger partial charge on any atom is -0.480 e. The lowest BCUT2D eigenvalue weighted by Gasteiger charge is -2.21. The Labute approximate surface area is 98.2 Å². The van der Waals surface area contributed by atoms with E-state index in [1.807, 2.05) is 0 Å². The van der Waals surface area contributed by atoms with Gasteiger partial charge in [0.15, 0.2) is 0 Å². The van der Waals surface area contributed by atoms with Crippen molar-refractivity contribution in [1.29, 1.82) is 0 Å². The number of halogens is 2. The van der Waals surface area contributed by atoms with Gasteiger partial charge in [-0.1, -0.05) is 17.7 Å². The first kappa shape index (κ1) is 12.9. The third kappa shape index (κ3) is 3.18. The van der Waals surface area contributed by atoms with E-state index in [1.54, 1.807) is 19.9 Å². The van der Waals surface area contributed by atoms with Gasteiger partial charge in [0, 0.05) is 6.54 Å². The third-order valence-electron chi connectivity index (χ3n) is 2.25. The number of carbonyl (C=O) groups is 1. The lowest BCUT2D eigenvalue weighted by Crippen LogP contribution is -2.46. The van der Waals surface area contributed by atoms with Gasteiger partial charge in [-0.05, 0) is 31.5 Å². The number of carboxylic acid groups (broad SMARTS) is 1. The molecule has 0 fully saturated rings. The molecule has 0 radical (unpaired) electrons. The van der Waals surface area contributed by atoms with Gasteiger partial charge in [0.2, 0.25) is 0 Å². The molecule has 0 saturated heterocycles. The van der Waals surface area contributed by atoms with Crippen molar-refractivity contribution in [2.24, 2.45) is 0 Å². The molecular weight excluding hydrogens is 233 g/mol. The molecule has 0 bridgehead atoms. The van der Waals surface area contributed by atoms with Gasteiger partial charge in [-0.3, -0.25) is 10.1 Å². The van der Waals surface area contributed by atoms with Gasteiger partial charge in [0.05, 0.1) is 5.02 Å². The molecule has 0 aliphatic rings. The van der Waals surface area contributed by atoms with Crippen LogP contribution in [0.2, 0.25) is 5.02 Å². The Morgan fingerprint density at radius 3 is 2.69 bits per heavy atom. The molecular formula is C11H13ClFNO2. The highest BCUT2D eigenvalue weighted by atomic mass is 35.5. The fourth-order valence-corrected chi connectivity index (χ4v) is 1.17. The van der Waals surface area contributed by atoms with Crippen molar-refractivity contribution < 1.29 is 14.3 Å². The Kier molecular flexibility index (Phi) is 3.88. The van der Waals surface area contributed by atoms with Crippen LogP contribution in [-0.2, 0) is 11.3 Å². The van der Waals surface area contributed by atoms with E-state index in [1.165, 1.54) is 12.1 Å². The summed E-state index contributed by atoms with van der Waals surface area (Å²) in [6, 6.07) is 4.38. The molecule has 0 atom stereocenters. The van der Waals surface area contributed by atoms with Crippen molar-refractivity contribution in [1.82, 2.24) is 5.32 Å². The molecule has 0 heterocycles. The van der Waals surface area contributed by atoms with Gasteiger partial charge >= 0.3 is 5.97 Å². The Morgan fingerprint density at radius 1 is 1.56 bits per heavy atom. The van der Waals surface area contributed by atoms with Crippen LogP contribution in [-0.4, -0.2) is 16.6 Å². The monoisotopic (exact) mass is 245 g/mol. The van der Waals surface area contributed by atoms with Gasteiger partial charge in [0.25, 0.3) is 0 Å². The Bertz CT molecular complexity index is 407. The summed E-state index contributed by atoms with van der Waals surface area (Å²) in [5.41, 5.74) is -0.396. The van der Waals surface area contributed by atoms with Crippen LogP contribution in [0.15, 0.2) is 18.2 Å². The Morgan fingerprint density at radius 2 is 2.19 bits per heavy atom. The molecule has 3 nitrogen and oxygen atoms in total. The van der Waals surface area contributed by atoms with Crippen molar-refractivity contribution in [2.75, 3.05) is 0 Å². The van der Waals surface area contributed by atoms with Gasteiger partial charge in [-0.2, -0.15) is 0 Å². The van der Waals surface area contributed by atoms with E-state index in [4.69, 9.17) is 16.7 Å². The van der Waals surface area contributed by atoms with Crippen LogP contribution in [0.25, 0.3) is 0 Å². The molecule has 1 aromatic carbocycles. The second-order valence-corrected chi connectivity index (χ2v) is 4.44. The smallest absolute Gasteiger partial charge is 0.323 e. The second-order valence-electron chi connectivity index (χ2n) is 4.03. The van der Waals surface area contributed by atoms with Gasteiger partial charge in [-0.25, -0.2) is 4.39 Å². The van der Waals surface area contributed by atoms with Gasteiger partial charge in [-0.15, -0.1) is 0 Å². The number of hydrogen-bond acceptors (Lipinski definition) is 2. The number of nitrogens with one attached hydrogen (secondary N) is 1. The van der Waals surface area contributed by atoms with Crippen LogP contribution < -0.4 is 5.32 Å². The standard InChI is InChI=1S/C11H13ClFNO2/c1-11(2,10(15)16)14-6-7-3-4-8(12)9(13)5-7/h3-5,14H,6H2,1-2H3,(H,15,16). The fraction of sp³-hybridized carbons (Fsp3) is 0.364. The summed E-state index contributed by atoms with van der Waals surface area (Å²) in [7, 11) is 0. The lowest BCUT2D eigenvalue weighted by molar-refractivity contribution is -0.143. The number of benzene rings is 1. The zero-order valence-electron chi connectivity index (χ0n) is 9.05. The zero-order valence-corrected chi connectivity index (χ0v) is 9.81. The highest BCUT2D eigenvalue weighted by Crippen LogP contribution is 2.16. The molecule has 0 unspecified atom stereocenters. The molecule has 0 spiro atoms. The zero-order chi connectivity index (χ0) is 12.3. The van der Waals surface area contributed by atoms with Crippen LogP contribution >= 0.6 is 11.6 Å². The van der Waals surface area contributed by atoms with Gasteiger partial charge in [0.1, 0.15) is 11.4 Å². The number of carboxylic acids is 1. The Hall–Kier alpha value is -1.13. The third-order valence-corrected chi connectivity index (χ3v) is 2.56. The predicted molar refractivity (Wildman–Crippen MR) is 60.0 cm³/mol. The van der Waals surface area contributed by atoms with Crippen LogP contribution in [0.5, 0.6) is 0 Å². The SMILES string of the molecule is CC(C)(NCc1ccc(Cl)c(F)c1)C(=O)O. The number of aliphatic carboxylic acids is 1. The van der Waals surface area contributed by atoms with E-state index in [0.29, 0.717) is 5.56 Å². The molecule has 0 aromatic heterocycles. The summed E-state index contributed by atoms with van der Waals surface area (Å²) in [6.45, 7) is 3.36. The van der Waals surface area contributed by atoms with Gasteiger partial charge < -0.3 is 5.11 Å². The normalized spacial score (nSPS) is 11.5. The van der Waals surface area contributed by atoms with Crippen molar-refractivity contribution >= 4 is 17.6 Å². The number of rotatable bonds is 4. The first-order chi connectivity index (χ1) is 7.33. The van der Waals surface area contributed by atoms with Crippen LogP contribution in [0, 0.1) is 5.82 Å². The fourth-order valence-electron chi connectivity index (χ4n) is 1.05. The largest absolute Gasteiger partial charge is 0.480 e. The molecule has 1 aromatic rings. The van der Waals surface area contributed by atoms with Crippen LogP contribution in [0.1, 0.15) is 19.4 Å². The molecule has 2 N–H and O–H groups in total. The summed E-state index contributed by atoms with van der Waals surface area (Å²) < 4.78 is 13.1. The molecule has 5 heteroatoms. The second kappa shape index (κ2) is 4.80. The van der Waals surface area contributed by atoms with E-state index < -0.39 is 17.3 Å². The molecule has 88 valence electrons. The highest BCUT2D eigenvalue weighted by Gasteiger charge is 2.25. The highest BCUT2D eigenvalue weighted by molar-refractivity contribution is 6.30. The average molecular weight is 246 g/mol. The average Bonchev–Trinajstić information content (AvgIpc) is 2.20. The maximum Gasteiger partial charge on any atom is 0.323 e. The van der Waals surface area contributed by atoms with Crippen LogP contribution in [0.3, 0.4) is 0 Å². The summed E-state index contributed by atoms with van der Waals surface area (Å²) in [5, 5.41) is 11.7. The Balaban J connectivity index is 2.68. The molecule has 0 aliphatic heterocycles. The molecule has 0 aliphatic carbocycles. The topological polar surface area (TPSA) is 49.3 Å². The number of hydrogen-bond donors (Lipinski definition) is 2. The molecule has 1 rings (SSSR count).